The lowest BCUT2D eigenvalue weighted by molar-refractivity contribution is 0.175. The molecule has 106 valence electrons. The SMILES string of the molecule is CCNc1cc(NCC2(CCOC)CC2)nc(C)n1. The molecule has 1 aromatic heterocycles. The predicted octanol–water partition coefficient (Wildman–Crippen LogP) is 2.45. The molecule has 19 heavy (non-hydrogen) atoms. The molecule has 1 heterocycles. The third-order valence-corrected chi connectivity index (χ3v) is 3.63. The Kier molecular flexibility index (Phi) is 4.58. The van der Waals surface area contributed by atoms with E-state index in [2.05, 4.69) is 27.5 Å². The Hall–Kier alpha value is -1.36. The summed E-state index contributed by atoms with van der Waals surface area (Å²) in [6.45, 7) is 6.66. The van der Waals surface area contributed by atoms with Crippen LogP contribution in [0.1, 0.15) is 32.0 Å². The normalized spacial score (nSPS) is 16.2. The van der Waals surface area contributed by atoms with Crippen molar-refractivity contribution in [3.8, 4) is 0 Å². The summed E-state index contributed by atoms with van der Waals surface area (Å²) in [5.74, 6) is 2.59. The first-order valence-corrected chi connectivity index (χ1v) is 7.00. The van der Waals surface area contributed by atoms with Gasteiger partial charge in [0.15, 0.2) is 0 Å². The molecule has 2 rings (SSSR count). The van der Waals surface area contributed by atoms with Gasteiger partial charge in [-0.1, -0.05) is 0 Å². The molecular formula is C14H24N4O. The Labute approximate surface area is 115 Å². The lowest BCUT2D eigenvalue weighted by atomic mass is 10.0. The summed E-state index contributed by atoms with van der Waals surface area (Å²) < 4.78 is 5.18. The summed E-state index contributed by atoms with van der Waals surface area (Å²) >= 11 is 0. The van der Waals surface area contributed by atoms with Crippen LogP contribution in [-0.4, -0.2) is 36.8 Å². The molecule has 0 bridgehead atoms. The highest BCUT2D eigenvalue weighted by Crippen LogP contribution is 2.48. The molecule has 0 aromatic carbocycles. The number of rotatable bonds is 8. The molecule has 2 N–H and O–H groups in total. The third kappa shape index (κ3) is 4.06. The largest absolute Gasteiger partial charge is 0.385 e. The summed E-state index contributed by atoms with van der Waals surface area (Å²) in [7, 11) is 1.76. The summed E-state index contributed by atoms with van der Waals surface area (Å²) in [5.41, 5.74) is 0.424. The number of anilines is 2. The third-order valence-electron chi connectivity index (χ3n) is 3.63. The zero-order chi connectivity index (χ0) is 13.7. The molecule has 0 aliphatic heterocycles. The van der Waals surface area contributed by atoms with E-state index in [0.29, 0.717) is 5.41 Å². The molecule has 1 aliphatic rings. The van der Waals surface area contributed by atoms with Gasteiger partial charge in [0.25, 0.3) is 0 Å². The number of nitrogens with zero attached hydrogens (tertiary/aromatic N) is 2. The topological polar surface area (TPSA) is 59.1 Å². The standard InChI is InChI=1S/C14H24N4O/c1-4-15-12-9-13(18-11(2)17-12)16-10-14(5-6-14)7-8-19-3/h9H,4-8,10H2,1-3H3,(H2,15,16,17,18). The first kappa shape index (κ1) is 14.1. The number of nitrogens with one attached hydrogen (secondary N) is 2. The van der Waals surface area contributed by atoms with Gasteiger partial charge in [0, 0.05) is 32.9 Å². The van der Waals surface area contributed by atoms with Crippen LogP contribution in [0.2, 0.25) is 0 Å². The van der Waals surface area contributed by atoms with Crippen molar-refractivity contribution in [1.82, 2.24) is 9.97 Å². The van der Waals surface area contributed by atoms with Gasteiger partial charge < -0.3 is 15.4 Å². The lowest BCUT2D eigenvalue weighted by Gasteiger charge is -2.16. The molecule has 0 saturated heterocycles. The second-order valence-corrected chi connectivity index (χ2v) is 5.31. The van der Waals surface area contributed by atoms with Crippen LogP contribution in [0.15, 0.2) is 6.07 Å². The predicted molar refractivity (Wildman–Crippen MR) is 77.6 cm³/mol. The maximum Gasteiger partial charge on any atom is 0.131 e. The van der Waals surface area contributed by atoms with Crippen LogP contribution in [0.5, 0.6) is 0 Å². The number of methoxy groups -OCH3 is 1. The second kappa shape index (κ2) is 6.19. The summed E-state index contributed by atoms with van der Waals surface area (Å²) in [6.07, 6.45) is 3.70. The van der Waals surface area contributed by atoms with Crippen molar-refractivity contribution in [2.24, 2.45) is 5.41 Å². The number of hydrogen-bond donors (Lipinski definition) is 2. The van der Waals surface area contributed by atoms with Gasteiger partial charge in [0.05, 0.1) is 0 Å². The monoisotopic (exact) mass is 264 g/mol. The van der Waals surface area contributed by atoms with E-state index in [0.717, 1.165) is 43.6 Å². The van der Waals surface area contributed by atoms with Crippen molar-refractivity contribution >= 4 is 11.6 Å². The Bertz CT molecular complexity index is 418. The van der Waals surface area contributed by atoms with Crippen molar-refractivity contribution in [2.75, 3.05) is 37.4 Å². The first-order valence-electron chi connectivity index (χ1n) is 7.00. The molecule has 0 amide bonds. The highest BCUT2D eigenvalue weighted by molar-refractivity contribution is 5.47. The summed E-state index contributed by atoms with van der Waals surface area (Å²) in [6, 6.07) is 1.98. The van der Waals surface area contributed by atoms with Crippen LogP contribution in [0.4, 0.5) is 11.6 Å². The maximum absolute atomic E-state index is 5.18. The number of aryl methyl sites for hydroxylation is 1. The molecule has 0 spiro atoms. The van der Waals surface area contributed by atoms with Gasteiger partial charge >= 0.3 is 0 Å². The van der Waals surface area contributed by atoms with Gasteiger partial charge in [0.1, 0.15) is 17.5 Å². The van der Waals surface area contributed by atoms with Gasteiger partial charge in [-0.05, 0) is 38.5 Å². The van der Waals surface area contributed by atoms with E-state index in [1.165, 1.54) is 12.8 Å². The van der Waals surface area contributed by atoms with Crippen LogP contribution in [-0.2, 0) is 4.74 Å². The van der Waals surface area contributed by atoms with E-state index in [-0.39, 0.29) is 0 Å². The van der Waals surface area contributed by atoms with Crippen LogP contribution < -0.4 is 10.6 Å². The van der Waals surface area contributed by atoms with E-state index in [1.54, 1.807) is 7.11 Å². The lowest BCUT2D eigenvalue weighted by Crippen LogP contribution is -2.18. The average molecular weight is 264 g/mol. The van der Waals surface area contributed by atoms with Crippen LogP contribution in [0.3, 0.4) is 0 Å². The van der Waals surface area contributed by atoms with Gasteiger partial charge in [-0.15, -0.1) is 0 Å². The van der Waals surface area contributed by atoms with Gasteiger partial charge in [-0.2, -0.15) is 0 Å². The minimum Gasteiger partial charge on any atom is -0.385 e. The molecule has 5 heteroatoms. The maximum atomic E-state index is 5.18. The molecular weight excluding hydrogens is 240 g/mol. The van der Waals surface area contributed by atoms with E-state index < -0.39 is 0 Å². The van der Waals surface area contributed by atoms with Gasteiger partial charge in [-0.25, -0.2) is 9.97 Å². The first-order chi connectivity index (χ1) is 9.17. The van der Waals surface area contributed by atoms with Crippen molar-refractivity contribution in [1.29, 1.82) is 0 Å². The van der Waals surface area contributed by atoms with Crippen LogP contribution in [0, 0.1) is 12.3 Å². The molecule has 0 unspecified atom stereocenters. The highest BCUT2D eigenvalue weighted by Gasteiger charge is 2.41. The molecule has 1 fully saturated rings. The average Bonchev–Trinajstić information content (AvgIpc) is 3.15. The van der Waals surface area contributed by atoms with Gasteiger partial charge in [-0.3, -0.25) is 0 Å². The number of ether oxygens (including phenoxy) is 1. The minimum absolute atomic E-state index is 0.424. The van der Waals surface area contributed by atoms with Gasteiger partial charge in [0.2, 0.25) is 0 Å². The molecule has 0 radical (unpaired) electrons. The van der Waals surface area contributed by atoms with Crippen molar-refractivity contribution in [3.05, 3.63) is 11.9 Å². The van der Waals surface area contributed by atoms with E-state index in [9.17, 15) is 0 Å². The number of aromatic nitrogens is 2. The Balaban J connectivity index is 1.92. The molecule has 0 atom stereocenters. The van der Waals surface area contributed by atoms with E-state index >= 15 is 0 Å². The van der Waals surface area contributed by atoms with Crippen molar-refractivity contribution < 1.29 is 4.74 Å². The molecule has 1 saturated carbocycles. The second-order valence-electron chi connectivity index (χ2n) is 5.31. The highest BCUT2D eigenvalue weighted by atomic mass is 16.5. The molecule has 1 aliphatic carbocycles. The fourth-order valence-electron chi connectivity index (χ4n) is 2.22. The molecule has 5 nitrogen and oxygen atoms in total. The number of hydrogen-bond acceptors (Lipinski definition) is 5. The van der Waals surface area contributed by atoms with E-state index in [4.69, 9.17) is 4.74 Å². The summed E-state index contributed by atoms with van der Waals surface area (Å²) in [4.78, 5) is 8.78. The van der Waals surface area contributed by atoms with E-state index in [1.807, 2.05) is 13.0 Å². The zero-order valence-corrected chi connectivity index (χ0v) is 12.1. The quantitative estimate of drug-likeness (QED) is 0.755. The van der Waals surface area contributed by atoms with Crippen LogP contribution >= 0.6 is 0 Å². The molecule has 1 aromatic rings. The van der Waals surface area contributed by atoms with Crippen molar-refractivity contribution in [3.63, 3.8) is 0 Å². The van der Waals surface area contributed by atoms with Crippen molar-refractivity contribution in [2.45, 2.75) is 33.1 Å². The Morgan fingerprint density at radius 1 is 1.26 bits per heavy atom. The summed E-state index contributed by atoms with van der Waals surface area (Å²) in [5, 5.41) is 6.67. The fourth-order valence-corrected chi connectivity index (χ4v) is 2.22. The van der Waals surface area contributed by atoms with Crippen LogP contribution in [0.25, 0.3) is 0 Å². The zero-order valence-electron chi connectivity index (χ0n) is 12.1. The Morgan fingerprint density at radius 2 is 1.95 bits per heavy atom. The smallest absolute Gasteiger partial charge is 0.131 e. The Morgan fingerprint density at radius 3 is 2.53 bits per heavy atom. The fraction of sp³-hybridized carbons (Fsp3) is 0.714. The minimum atomic E-state index is 0.424.